The Morgan fingerprint density at radius 1 is 1.08 bits per heavy atom. The average molecular weight is 303 g/mol. The Balaban J connectivity index is 2.53. The Kier molecular flexibility index (Phi) is 2.51. The molecule has 0 atom stereocenters. The molecular formula is C9H5Br2NO. The predicted octanol–water partition coefficient (Wildman–Crippen LogP) is 3.87. The highest BCUT2D eigenvalue weighted by Gasteiger charge is 2.03. The van der Waals surface area contributed by atoms with Crippen LogP contribution in [0.2, 0.25) is 0 Å². The first kappa shape index (κ1) is 8.97. The molecule has 0 aliphatic rings. The highest BCUT2D eigenvalue weighted by molar-refractivity contribution is 9.11. The van der Waals surface area contributed by atoms with E-state index in [1.54, 1.807) is 12.5 Å². The third-order valence-electron chi connectivity index (χ3n) is 1.54. The first-order valence-corrected chi connectivity index (χ1v) is 5.20. The van der Waals surface area contributed by atoms with E-state index in [0.717, 1.165) is 14.5 Å². The number of oxazole rings is 1. The molecule has 0 fully saturated rings. The zero-order chi connectivity index (χ0) is 9.26. The topological polar surface area (TPSA) is 26.0 Å². The van der Waals surface area contributed by atoms with Crippen LogP contribution in [0.15, 0.2) is 44.0 Å². The van der Waals surface area contributed by atoms with Gasteiger partial charge in [-0.25, -0.2) is 4.98 Å². The second-order valence-electron chi connectivity index (χ2n) is 2.50. The van der Waals surface area contributed by atoms with Crippen molar-refractivity contribution < 1.29 is 4.42 Å². The third kappa shape index (κ3) is 2.00. The van der Waals surface area contributed by atoms with Gasteiger partial charge in [0.25, 0.3) is 0 Å². The molecule has 2 aromatic rings. The van der Waals surface area contributed by atoms with Crippen LogP contribution in [0.1, 0.15) is 0 Å². The molecule has 2 nitrogen and oxygen atoms in total. The lowest BCUT2D eigenvalue weighted by Gasteiger charge is -1.97. The molecule has 0 N–H and O–H groups in total. The fraction of sp³-hybridized carbons (Fsp3) is 0. The highest BCUT2D eigenvalue weighted by atomic mass is 79.9. The second kappa shape index (κ2) is 3.64. The lowest BCUT2D eigenvalue weighted by Crippen LogP contribution is -1.77. The van der Waals surface area contributed by atoms with Crippen LogP contribution < -0.4 is 0 Å². The normalized spacial score (nSPS) is 10.3. The lowest BCUT2D eigenvalue weighted by atomic mass is 10.2. The standard InChI is InChI=1S/C9H5Br2NO/c10-7-3-6(4-8(11)5-7)9-12-1-2-13-9/h1-5H. The van der Waals surface area contributed by atoms with Crippen molar-refractivity contribution in [3.63, 3.8) is 0 Å². The van der Waals surface area contributed by atoms with Gasteiger partial charge in [0, 0.05) is 14.5 Å². The average Bonchev–Trinajstić information content (AvgIpc) is 2.53. The molecule has 66 valence electrons. The molecule has 0 spiro atoms. The van der Waals surface area contributed by atoms with E-state index in [-0.39, 0.29) is 0 Å². The van der Waals surface area contributed by atoms with Gasteiger partial charge in [0.15, 0.2) is 0 Å². The first-order chi connectivity index (χ1) is 6.25. The molecule has 2 rings (SSSR count). The van der Waals surface area contributed by atoms with Gasteiger partial charge in [-0.2, -0.15) is 0 Å². The summed E-state index contributed by atoms with van der Waals surface area (Å²) in [7, 11) is 0. The SMILES string of the molecule is Brc1cc(Br)cc(-c2ncco2)c1. The van der Waals surface area contributed by atoms with Crippen LogP contribution >= 0.6 is 31.9 Å². The zero-order valence-electron chi connectivity index (χ0n) is 6.50. The van der Waals surface area contributed by atoms with Crippen LogP contribution in [0.3, 0.4) is 0 Å². The Morgan fingerprint density at radius 2 is 1.77 bits per heavy atom. The van der Waals surface area contributed by atoms with Gasteiger partial charge >= 0.3 is 0 Å². The molecule has 0 amide bonds. The maximum Gasteiger partial charge on any atom is 0.225 e. The molecule has 13 heavy (non-hydrogen) atoms. The van der Waals surface area contributed by atoms with Crippen LogP contribution in [0, 0.1) is 0 Å². The Hall–Kier alpha value is -0.610. The third-order valence-corrected chi connectivity index (χ3v) is 2.46. The van der Waals surface area contributed by atoms with E-state index in [0.29, 0.717) is 5.89 Å². The monoisotopic (exact) mass is 301 g/mol. The summed E-state index contributed by atoms with van der Waals surface area (Å²) in [4.78, 5) is 4.06. The van der Waals surface area contributed by atoms with Crippen LogP contribution in [-0.2, 0) is 0 Å². The summed E-state index contributed by atoms with van der Waals surface area (Å²) in [5.41, 5.74) is 0.950. The van der Waals surface area contributed by atoms with E-state index in [1.165, 1.54) is 0 Å². The molecule has 0 saturated heterocycles. The van der Waals surface area contributed by atoms with Crippen molar-refractivity contribution in [3.8, 4) is 11.5 Å². The molecule has 1 heterocycles. The van der Waals surface area contributed by atoms with E-state index in [4.69, 9.17) is 4.42 Å². The summed E-state index contributed by atoms with van der Waals surface area (Å²) in [5.74, 6) is 0.627. The number of benzene rings is 1. The number of rotatable bonds is 1. The summed E-state index contributed by atoms with van der Waals surface area (Å²) in [5, 5.41) is 0. The summed E-state index contributed by atoms with van der Waals surface area (Å²) in [6, 6.07) is 5.87. The quantitative estimate of drug-likeness (QED) is 0.799. The van der Waals surface area contributed by atoms with Crippen molar-refractivity contribution in [2.24, 2.45) is 0 Å². The van der Waals surface area contributed by atoms with Gasteiger partial charge in [-0.15, -0.1) is 0 Å². The largest absolute Gasteiger partial charge is 0.445 e. The number of nitrogens with zero attached hydrogens (tertiary/aromatic N) is 1. The molecule has 0 bridgehead atoms. The van der Waals surface area contributed by atoms with Crippen LogP contribution in [0.4, 0.5) is 0 Å². The van der Waals surface area contributed by atoms with Crippen LogP contribution in [-0.4, -0.2) is 4.98 Å². The van der Waals surface area contributed by atoms with E-state index >= 15 is 0 Å². The second-order valence-corrected chi connectivity index (χ2v) is 4.33. The summed E-state index contributed by atoms with van der Waals surface area (Å²) < 4.78 is 7.17. The van der Waals surface area contributed by atoms with E-state index < -0.39 is 0 Å². The minimum absolute atomic E-state index is 0.627. The van der Waals surface area contributed by atoms with Crippen LogP contribution in [0.25, 0.3) is 11.5 Å². The van der Waals surface area contributed by atoms with Crippen LogP contribution in [0.5, 0.6) is 0 Å². The molecule has 0 unspecified atom stereocenters. The highest BCUT2D eigenvalue weighted by Crippen LogP contribution is 2.26. The van der Waals surface area contributed by atoms with Gasteiger partial charge < -0.3 is 4.42 Å². The van der Waals surface area contributed by atoms with Crippen molar-refractivity contribution >= 4 is 31.9 Å². The fourth-order valence-electron chi connectivity index (χ4n) is 1.04. The fourth-order valence-corrected chi connectivity index (χ4v) is 2.34. The van der Waals surface area contributed by atoms with E-state index in [2.05, 4.69) is 36.8 Å². The Labute approximate surface area is 92.2 Å². The van der Waals surface area contributed by atoms with Gasteiger partial charge in [-0.1, -0.05) is 31.9 Å². The smallest absolute Gasteiger partial charge is 0.225 e. The van der Waals surface area contributed by atoms with Crippen molar-refractivity contribution in [2.75, 3.05) is 0 Å². The van der Waals surface area contributed by atoms with Crippen molar-refractivity contribution in [2.45, 2.75) is 0 Å². The van der Waals surface area contributed by atoms with Crippen molar-refractivity contribution in [3.05, 3.63) is 39.6 Å². The molecule has 0 aliphatic carbocycles. The molecule has 1 aromatic carbocycles. The Morgan fingerprint density at radius 3 is 2.31 bits per heavy atom. The lowest BCUT2D eigenvalue weighted by molar-refractivity contribution is 0.574. The number of aromatic nitrogens is 1. The maximum atomic E-state index is 5.18. The van der Waals surface area contributed by atoms with E-state index in [1.807, 2.05) is 18.2 Å². The summed E-state index contributed by atoms with van der Waals surface area (Å²) >= 11 is 6.80. The first-order valence-electron chi connectivity index (χ1n) is 3.61. The molecule has 0 aliphatic heterocycles. The van der Waals surface area contributed by atoms with E-state index in [9.17, 15) is 0 Å². The summed E-state index contributed by atoms with van der Waals surface area (Å²) in [6.07, 6.45) is 3.19. The minimum Gasteiger partial charge on any atom is -0.445 e. The minimum atomic E-state index is 0.627. The number of halogens is 2. The van der Waals surface area contributed by atoms with Gasteiger partial charge in [0.2, 0.25) is 5.89 Å². The molecule has 1 aromatic heterocycles. The van der Waals surface area contributed by atoms with Gasteiger partial charge in [0.1, 0.15) is 6.26 Å². The Bertz CT molecular complexity index is 391. The van der Waals surface area contributed by atoms with Crippen molar-refractivity contribution in [1.82, 2.24) is 4.98 Å². The summed E-state index contributed by atoms with van der Waals surface area (Å²) in [6.45, 7) is 0. The molecule has 0 saturated carbocycles. The van der Waals surface area contributed by atoms with Gasteiger partial charge in [-0.05, 0) is 18.2 Å². The predicted molar refractivity (Wildman–Crippen MR) is 57.3 cm³/mol. The maximum absolute atomic E-state index is 5.18. The molecule has 4 heteroatoms. The number of hydrogen-bond donors (Lipinski definition) is 0. The van der Waals surface area contributed by atoms with Crippen molar-refractivity contribution in [1.29, 1.82) is 0 Å². The van der Waals surface area contributed by atoms with Gasteiger partial charge in [0.05, 0.1) is 6.20 Å². The zero-order valence-corrected chi connectivity index (χ0v) is 9.67. The molecule has 0 radical (unpaired) electrons. The molecular weight excluding hydrogens is 298 g/mol. The number of hydrogen-bond acceptors (Lipinski definition) is 2. The van der Waals surface area contributed by atoms with Gasteiger partial charge in [-0.3, -0.25) is 0 Å².